The second kappa shape index (κ2) is 10.3. The van der Waals surface area contributed by atoms with Gasteiger partial charge in [-0.15, -0.1) is 0 Å². The van der Waals surface area contributed by atoms with E-state index in [4.69, 9.17) is 0 Å². The summed E-state index contributed by atoms with van der Waals surface area (Å²) in [5.74, 6) is 4.52. The van der Waals surface area contributed by atoms with Crippen LogP contribution in [-0.2, 0) is 4.79 Å². The molecular formula is C33H49N3O2. The third kappa shape index (κ3) is 4.55. The Morgan fingerprint density at radius 3 is 2.82 bits per heavy atom. The number of piperidine rings is 1. The van der Waals surface area contributed by atoms with E-state index >= 15 is 0 Å². The van der Waals surface area contributed by atoms with Gasteiger partial charge in [0.05, 0.1) is 12.3 Å². The first-order valence-electron chi connectivity index (χ1n) is 15.7. The number of likely N-dealkylation sites (tertiary alicyclic amines) is 1. The fourth-order valence-electron chi connectivity index (χ4n) is 10.3. The van der Waals surface area contributed by atoms with E-state index in [0.29, 0.717) is 35.0 Å². The van der Waals surface area contributed by atoms with Gasteiger partial charge in [-0.3, -0.25) is 4.79 Å². The maximum atomic E-state index is 13.3. The average molecular weight is 520 g/mol. The molecule has 2 unspecified atom stereocenters. The van der Waals surface area contributed by atoms with Crippen molar-refractivity contribution in [1.82, 2.24) is 15.1 Å². The topological polar surface area (TPSA) is 66.3 Å². The van der Waals surface area contributed by atoms with Gasteiger partial charge in [-0.25, -0.2) is 0 Å². The Bertz CT molecular complexity index is 1040. The Morgan fingerprint density at radius 2 is 2.00 bits per heavy atom. The summed E-state index contributed by atoms with van der Waals surface area (Å²) in [6, 6.07) is 2.06. The van der Waals surface area contributed by atoms with E-state index in [9.17, 15) is 9.90 Å². The van der Waals surface area contributed by atoms with Gasteiger partial charge in [-0.05, 0) is 123 Å². The molecule has 5 aliphatic rings. The molecule has 1 N–H and O–H groups in total. The molecule has 5 heteroatoms. The fraction of sp³-hybridized carbons (Fsp3) is 0.788. The quantitative estimate of drug-likeness (QED) is 0.449. The fourth-order valence-corrected chi connectivity index (χ4v) is 10.3. The molecule has 4 fully saturated rings. The Morgan fingerprint density at radius 1 is 1.13 bits per heavy atom. The number of nitrogens with zero attached hydrogens (tertiary/aromatic N) is 3. The van der Waals surface area contributed by atoms with E-state index in [1.54, 1.807) is 11.8 Å². The molecule has 0 aromatic carbocycles. The largest absolute Gasteiger partial charge is 0.393 e. The molecule has 38 heavy (non-hydrogen) atoms. The van der Waals surface area contributed by atoms with Crippen molar-refractivity contribution in [2.45, 2.75) is 110 Å². The zero-order valence-electron chi connectivity index (χ0n) is 23.9. The highest BCUT2D eigenvalue weighted by Crippen LogP contribution is 2.67. The Labute approximate surface area is 229 Å². The average Bonchev–Trinajstić information content (AvgIpc) is 3.30. The van der Waals surface area contributed by atoms with Gasteiger partial charge in [0.2, 0.25) is 5.91 Å². The molecule has 1 saturated heterocycles. The van der Waals surface area contributed by atoms with Crippen LogP contribution < -0.4 is 0 Å². The number of aromatic nitrogens is 2. The Kier molecular flexibility index (Phi) is 7.20. The first-order valence-corrected chi connectivity index (χ1v) is 15.7. The van der Waals surface area contributed by atoms with E-state index in [1.807, 2.05) is 6.20 Å². The summed E-state index contributed by atoms with van der Waals surface area (Å²) < 4.78 is 0. The highest BCUT2D eigenvalue weighted by Gasteiger charge is 2.59. The van der Waals surface area contributed by atoms with E-state index in [0.717, 1.165) is 68.9 Å². The van der Waals surface area contributed by atoms with Crippen LogP contribution in [0.15, 0.2) is 30.1 Å². The van der Waals surface area contributed by atoms with Crippen molar-refractivity contribution in [1.29, 1.82) is 0 Å². The van der Waals surface area contributed by atoms with Crippen molar-refractivity contribution >= 4 is 5.91 Å². The first kappa shape index (κ1) is 26.5. The van der Waals surface area contributed by atoms with Crippen LogP contribution in [0, 0.1) is 40.4 Å². The molecule has 9 atom stereocenters. The number of rotatable bonds is 5. The lowest BCUT2D eigenvalue weighted by Crippen LogP contribution is -2.50. The zero-order valence-corrected chi connectivity index (χ0v) is 23.9. The minimum absolute atomic E-state index is 0.123. The molecule has 2 heterocycles. The Balaban J connectivity index is 1.07. The smallest absolute Gasteiger partial charge is 0.222 e. The van der Waals surface area contributed by atoms with Gasteiger partial charge >= 0.3 is 0 Å². The first-order chi connectivity index (χ1) is 18.3. The second-order valence-electron chi connectivity index (χ2n) is 14.3. The predicted octanol–water partition coefficient (Wildman–Crippen LogP) is 6.54. The summed E-state index contributed by atoms with van der Waals surface area (Å²) in [6.45, 7) is 9.33. The van der Waals surface area contributed by atoms with E-state index in [1.165, 1.54) is 44.1 Å². The third-order valence-electron chi connectivity index (χ3n) is 12.5. The van der Waals surface area contributed by atoms with E-state index in [-0.39, 0.29) is 6.10 Å². The van der Waals surface area contributed by atoms with Crippen LogP contribution >= 0.6 is 0 Å². The Hall–Kier alpha value is -1.75. The van der Waals surface area contributed by atoms with Crippen LogP contribution in [-0.4, -0.2) is 45.3 Å². The third-order valence-corrected chi connectivity index (χ3v) is 12.5. The van der Waals surface area contributed by atoms with E-state index in [2.05, 4.69) is 48.0 Å². The van der Waals surface area contributed by atoms with Crippen molar-refractivity contribution in [3.63, 3.8) is 0 Å². The van der Waals surface area contributed by atoms with Gasteiger partial charge in [-0.2, -0.15) is 10.2 Å². The monoisotopic (exact) mass is 519 g/mol. The lowest BCUT2D eigenvalue weighted by Gasteiger charge is -2.58. The summed E-state index contributed by atoms with van der Waals surface area (Å²) in [4.78, 5) is 15.4. The highest BCUT2D eigenvalue weighted by molar-refractivity contribution is 5.76. The number of carbonyl (C=O) groups excluding carboxylic acids is 1. The minimum atomic E-state index is -0.123. The van der Waals surface area contributed by atoms with Crippen molar-refractivity contribution in [2.75, 3.05) is 13.1 Å². The van der Waals surface area contributed by atoms with Crippen molar-refractivity contribution in [2.24, 2.45) is 40.4 Å². The SMILES string of the molecule is CC(CCC(=O)N1CCCC(c2ccnnc2)C1)[C@H]1CC[C@H]2[C@@H]3CC=C4C[C@@H](O)CC[C@]4(C)[C@H]3CC[C@]12C. The molecule has 4 aliphatic carbocycles. The number of aliphatic hydroxyl groups excluding tert-OH is 1. The van der Waals surface area contributed by atoms with Crippen molar-refractivity contribution < 1.29 is 9.90 Å². The van der Waals surface area contributed by atoms with Crippen LogP contribution in [0.4, 0.5) is 0 Å². The molecule has 1 amide bonds. The zero-order chi connectivity index (χ0) is 26.5. The number of aliphatic hydroxyl groups is 1. The second-order valence-corrected chi connectivity index (χ2v) is 14.3. The standard InChI is InChI=1S/C33H49N3O2/c1-22(6-11-31(38)36-18-4-5-24(21-36)23-14-17-34-35-20-23)28-9-10-29-27-8-7-25-19-26(37)12-15-32(25,2)30(27)13-16-33(28,29)3/h7,14,17,20,22,24,26-30,37H,4-6,8-13,15-16,18-19,21H2,1-3H3/t22?,24?,26-,27-,28+,29-,30-,32-,33+/m0/s1. The number of carbonyl (C=O) groups is 1. The number of amides is 1. The van der Waals surface area contributed by atoms with Crippen LogP contribution in [0.2, 0.25) is 0 Å². The minimum Gasteiger partial charge on any atom is -0.393 e. The molecular weight excluding hydrogens is 470 g/mol. The normalized spacial score (nSPS) is 41.5. The van der Waals surface area contributed by atoms with Gasteiger partial charge in [0, 0.05) is 31.6 Å². The van der Waals surface area contributed by atoms with Crippen molar-refractivity contribution in [3.05, 3.63) is 35.7 Å². The number of hydrogen-bond donors (Lipinski definition) is 1. The lowest BCUT2D eigenvalue weighted by molar-refractivity contribution is -0.133. The maximum absolute atomic E-state index is 13.3. The number of allylic oxidation sites excluding steroid dienone is 1. The molecule has 1 aromatic rings. The summed E-state index contributed by atoms with van der Waals surface area (Å²) in [6.07, 6.45) is 19.7. The molecule has 0 radical (unpaired) electrons. The molecule has 5 nitrogen and oxygen atoms in total. The highest BCUT2D eigenvalue weighted by atomic mass is 16.3. The molecule has 0 bridgehead atoms. The number of fused-ring (bicyclic) bond motifs is 5. The van der Waals surface area contributed by atoms with Gasteiger partial charge in [0.25, 0.3) is 0 Å². The maximum Gasteiger partial charge on any atom is 0.222 e. The molecule has 3 saturated carbocycles. The molecule has 6 rings (SSSR count). The molecule has 1 aromatic heterocycles. The van der Waals surface area contributed by atoms with Gasteiger partial charge < -0.3 is 10.0 Å². The van der Waals surface area contributed by atoms with Crippen LogP contribution in [0.5, 0.6) is 0 Å². The predicted molar refractivity (Wildman–Crippen MR) is 150 cm³/mol. The molecule has 1 aliphatic heterocycles. The summed E-state index contributed by atoms with van der Waals surface area (Å²) in [5.41, 5.74) is 3.53. The van der Waals surface area contributed by atoms with Crippen LogP contribution in [0.25, 0.3) is 0 Å². The van der Waals surface area contributed by atoms with Crippen molar-refractivity contribution in [3.8, 4) is 0 Å². The van der Waals surface area contributed by atoms with E-state index < -0.39 is 0 Å². The molecule has 208 valence electrons. The molecule has 0 spiro atoms. The summed E-state index contributed by atoms with van der Waals surface area (Å²) in [7, 11) is 0. The number of hydrogen-bond acceptors (Lipinski definition) is 4. The van der Waals surface area contributed by atoms with Gasteiger partial charge in [0.15, 0.2) is 0 Å². The van der Waals surface area contributed by atoms with Crippen LogP contribution in [0.1, 0.15) is 109 Å². The summed E-state index contributed by atoms with van der Waals surface area (Å²) >= 11 is 0. The van der Waals surface area contributed by atoms with Crippen LogP contribution in [0.3, 0.4) is 0 Å². The van der Waals surface area contributed by atoms with Gasteiger partial charge in [-0.1, -0.05) is 32.4 Å². The van der Waals surface area contributed by atoms with Gasteiger partial charge in [0.1, 0.15) is 0 Å². The lowest BCUT2D eigenvalue weighted by atomic mass is 9.47. The summed E-state index contributed by atoms with van der Waals surface area (Å²) in [5, 5.41) is 18.3.